The number of halogens is 3. The van der Waals surface area contributed by atoms with Gasteiger partial charge in [0.2, 0.25) is 5.88 Å². The second-order valence-electron chi connectivity index (χ2n) is 3.48. The minimum Gasteiger partial charge on any atom is -0.438 e. The van der Waals surface area contributed by atoms with Crippen LogP contribution in [-0.2, 0) is 0 Å². The number of aryl methyl sites for hydroxylation is 1. The number of hydrogen-bond acceptors (Lipinski definition) is 2. The molecule has 5 heteroatoms. The topological polar surface area (TPSA) is 22.1 Å². The predicted octanol–water partition coefficient (Wildman–Crippen LogP) is 4.85. The molecular formula is C12H8Br2FNO. The highest BCUT2D eigenvalue weighted by molar-refractivity contribution is 9.10. The number of pyridine rings is 1. The van der Waals surface area contributed by atoms with E-state index in [2.05, 4.69) is 36.8 Å². The summed E-state index contributed by atoms with van der Waals surface area (Å²) in [6, 6.07) is 6.35. The molecule has 1 aromatic heterocycles. The molecule has 2 rings (SSSR count). The molecular weight excluding hydrogens is 353 g/mol. The first-order valence-electron chi connectivity index (χ1n) is 4.81. The third-order valence-electron chi connectivity index (χ3n) is 2.05. The highest BCUT2D eigenvalue weighted by Crippen LogP contribution is 2.30. The molecule has 2 aromatic rings. The fourth-order valence-corrected chi connectivity index (χ4v) is 2.15. The first-order valence-corrected chi connectivity index (χ1v) is 6.40. The number of rotatable bonds is 2. The zero-order valence-electron chi connectivity index (χ0n) is 8.88. The number of aromatic nitrogens is 1. The monoisotopic (exact) mass is 359 g/mol. The Balaban J connectivity index is 2.28. The Bertz CT molecular complexity index is 560. The molecule has 2 nitrogen and oxygen atoms in total. The zero-order chi connectivity index (χ0) is 12.4. The van der Waals surface area contributed by atoms with Gasteiger partial charge >= 0.3 is 0 Å². The van der Waals surface area contributed by atoms with Gasteiger partial charge < -0.3 is 4.74 Å². The van der Waals surface area contributed by atoms with Gasteiger partial charge in [-0.3, -0.25) is 0 Å². The molecule has 0 N–H and O–H groups in total. The third kappa shape index (κ3) is 3.04. The maximum atomic E-state index is 13.0. The number of hydrogen-bond donors (Lipinski definition) is 0. The van der Waals surface area contributed by atoms with E-state index in [1.165, 1.54) is 6.07 Å². The summed E-state index contributed by atoms with van der Waals surface area (Å²) >= 11 is 6.47. The summed E-state index contributed by atoms with van der Waals surface area (Å²) in [4.78, 5) is 4.15. The molecule has 0 atom stereocenters. The molecule has 0 bridgehead atoms. The maximum absolute atomic E-state index is 13.0. The SMILES string of the molecule is Cc1cnc(Oc2ccc(F)c(Br)c2)c(Br)c1. The Labute approximate surface area is 115 Å². The summed E-state index contributed by atoms with van der Waals surface area (Å²) in [5, 5.41) is 0. The minimum absolute atomic E-state index is 0.326. The lowest BCUT2D eigenvalue weighted by atomic mass is 10.3. The van der Waals surface area contributed by atoms with Gasteiger partial charge in [-0.05, 0) is 68.6 Å². The summed E-state index contributed by atoms with van der Waals surface area (Å²) in [6.45, 7) is 1.94. The molecule has 0 aliphatic heterocycles. The van der Waals surface area contributed by atoms with Gasteiger partial charge in [0.15, 0.2) is 0 Å². The molecule has 1 heterocycles. The fraction of sp³-hybridized carbons (Fsp3) is 0.0833. The molecule has 0 radical (unpaired) electrons. The van der Waals surface area contributed by atoms with E-state index in [-0.39, 0.29) is 5.82 Å². The van der Waals surface area contributed by atoms with Crippen molar-refractivity contribution in [2.24, 2.45) is 0 Å². The standard InChI is InChI=1S/C12H8Br2FNO/c1-7-4-10(14)12(16-6-7)17-8-2-3-11(15)9(13)5-8/h2-6H,1H3. The largest absolute Gasteiger partial charge is 0.438 e. The molecule has 0 saturated carbocycles. The van der Waals surface area contributed by atoms with Crippen molar-refractivity contribution in [3.05, 3.63) is 50.8 Å². The van der Waals surface area contributed by atoms with Crippen molar-refractivity contribution in [1.82, 2.24) is 4.98 Å². The van der Waals surface area contributed by atoms with E-state index in [0.717, 1.165) is 10.0 Å². The van der Waals surface area contributed by atoms with E-state index in [4.69, 9.17) is 4.74 Å². The number of ether oxygens (including phenoxy) is 1. The summed E-state index contributed by atoms with van der Waals surface area (Å²) in [5.74, 6) is 0.651. The van der Waals surface area contributed by atoms with Crippen molar-refractivity contribution < 1.29 is 9.13 Å². The average Bonchev–Trinajstić information content (AvgIpc) is 2.27. The van der Waals surface area contributed by atoms with Crippen LogP contribution in [-0.4, -0.2) is 4.98 Å². The highest BCUT2D eigenvalue weighted by Gasteiger charge is 2.06. The third-order valence-corrected chi connectivity index (χ3v) is 3.23. The van der Waals surface area contributed by atoms with E-state index in [9.17, 15) is 4.39 Å². The second-order valence-corrected chi connectivity index (χ2v) is 5.19. The van der Waals surface area contributed by atoms with E-state index in [1.54, 1.807) is 18.3 Å². The Hall–Kier alpha value is -0.940. The first kappa shape index (κ1) is 12.5. The van der Waals surface area contributed by atoms with Crippen molar-refractivity contribution in [3.8, 4) is 11.6 Å². The van der Waals surface area contributed by atoms with Crippen LogP contribution in [0.2, 0.25) is 0 Å². The number of benzene rings is 1. The summed E-state index contributed by atoms with van der Waals surface area (Å²) in [5.41, 5.74) is 1.03. The van der Waals surface area contributed by atoms with Crippen LogP contribution in [0.25, 0.3) is 0 Å². The molecule has 1 aromatic carbocycles. The summed E-state index contributed by atoms with van der Waals surface area (Å²) in [7, 11) is 0. The van der Waals surface area contributed by atoms with Crippen LogP contribution in [0.15, 0.2) is 39.4 Å². The fourth-order valence-electron chi connectivity index (χ4n) is 1.25. The van der Waals surface area contributed by atoms with Crippen LogP contribution in [0, 0.1) is 12.7 Å². The molecule has 0 aliphatic rings. The van der Waals surface area contributed by atoms with Gasteiger partial charge in [-0.15, -0.1) is 0 Å². The van der Waals surface area contributed by atoms with Crippen LogP contribution in [0.4, 0.5) is 4.39 Å². The predicted molar refractivity (Wildman–Crippen MR) is 70.8 cm³/mol. The average molecular weight is 361 g/mol. The van der Waals surface area contributed by atoms with E-state index < -0.39 is 0 Å². The normalized spacial score (nSPS) is 10.4. The van der Waals surface area contributed by atoms with Gasteiger partial charge in [-0.1, -0.05) is 0 Å². The van der Waals surface area contributed by atoms with Crippen molar-refractivity contribution in [2.75, 3.05) is 0 Å². The molecule has 0 aliphatic carbocycles. The minimum atomic E-state index is -0.326. The molecule has 88 valence electrons. The van der Waals surface area contributed by atoms with Crippen LogP contribution >= 0.6 is 31.9 Å². The van der Waals surface area contributed by atoms with Crippen molar-refractivity contribution in [3.63, 3.8) is 0 Å². The molecule has 17 heavy (non-hydrogen) atoms. The Morgan fingerprint density at radius 1 is 1.18 bits per heavy atom. The Kier molecular flexibility index (Phi) is 3.79. The maximum Gasteiger partial charge on any atom is 0.233 e. The van der Waals surface area contributed by atoms with Gasteiger partial charge in [-0.2, -0.15) is 0 Å². The van der Waals surface area contributed by atoms with Crippen molar-refractivity contribution >= 4 is 31.9 Å². The van der Waals surface area contributed by atoms with Crippen LogP contribution in [0.1, 0.15) is 5.56 Å². The smallest absolute Gasteiger partial charge is 0.233 e. The van der Waals surface area contributed by atoms with Gasteiger partial charge in [-0.25, -0.2) is 9.37 Å². The molecule has 0 unspecified atom stereocenters. The van der Waals surface area contributed by atoms with Crippen molar-refractivity contribution in [2.45, 2.75) is 6.92 Å². The molecule has 0 spiro atoms. The van der Waals surface area contributed by atoms with Gasteiger partial charge in [0.25, 0.3) is 0 Å². The van der Waals surface area contributed by atoms with E-state index >= 15 is 0 Å². The zero-order valence-corrected chi connectivity index (χ0v) is 12.0. The van der Waals surface area contributed by atoms with Crippen LogP contribution in [0.5, 0.6) is 11.6 Å². The Morgan fingerprint density at radius 3 is 2.59 bits per heavy atom. The lowest BCUT2D eigenvalue weighted by Gasteiger charge is -2.07. The quantitative estimate of drug-likeness (QED) is 0.763. The number of nitrogens with zero attached hydrogens (tertiary/aromatic N) is 1. The van der Waals surface area contributed by atoms with Gasteiger partial charge in [0.05, 0.1) is 8.95 Å². The molecule has 0 fully saturated rings. The lowest BCUT2D eigenvalue weighted by Crippen LogP contribution is -1.90. The highest BCUT2D eigenvalue weighted by atomic mass is 79.9. The summed E-state index contributed by atoms with van der Waals surface area (Å²) < 4.78 is 19.7. The van der Waals surface area contributed by atoms with Crippen molar-refractivity contribution in [1.29, 1.82) is 0 Å². The first-order chi connectivity index (χ1) is 8.06. The van der Waals surface area contributed by atoms with Crippen LogP contribution < -0.4 is 4.74 Å². The van der Waals surface area contributed by atoms with E-state index in [1.807, 2.05) is 13.0 Å². The lowest BCUT2D eigenvalue weighted by molar-refractivity contribution is 0.457. The second kappa shape index (κ2) is 5.14. The molecule has 0 amide bonds. The van der Waals surface area contributed by atoms with Gasteiger partial charge in [0, 0.05) is 6.20 Å². The summed E-state index contributed by atoms with van der Waals surface area (Å²) in [6.07, 6.45) is 1.71. The molecule has 0 saturated heterocycles. The van der Waals surface area contributed by atoms with Gasteiger partial charge in [0.1, 0.15) is 11.6 Å². The van der Waals surface area contributed by atoms with Crippen LogP contribution in [0.3, 0.4) is 0 Å². The van der Waals surface area contributed by atoms with E-state index in [0.29, 0.717) is 16.1 Å². The Morgan fingerprint density at radius 2 is 1.94 bits per heavy atom.